The maximum absolute atomic E-state index is 15.2. The van der Waals surface area contributed by atoms with E-state index in [2.05, 4.69) is 15.0 Å². The molecule has 6 nitrogen and oxygen atoms in total. The number of sulfonamides is 1. The van der Waals surface area contributed by atoms with E-state index in [-0.39, 0.29) is 17.2 Å². The van der Waals surface area contributed by atoms with Gasteiger partial charge in [-0.05, 0) is 42.5 Å². The summed E-state index contributed by atoms with van der Waals surface area (Å²) in [6.07, 6.45) is 3.55. The molecule has 0 amide bonds. The van der Waals surface area contributed by atoms with Gasteiger partial charge in [-0.2, -0.15) is 0 Å². The number of amidine groups is 1. The van der Waals surface area contributed by atoms with Crippen molar-refractivity contribution in [2.45, 2.75) is 27.2 Å². The average molecular weight is 486 g/mol. The second-order valence-electron chi connectivity index (χ2n) is 8.93. The Kier molecular flexibility index (Phi) is 6.40. The van der Waals surface area contributed by atoms with Crippen LogP contribution >= 0.6 is 0 Å². The van der Waals surface area contributed by atoms with Gasteiger partial charge in [0.15, 0.2) is 11.6 Å². The number of hydrogen-bond acceptors (Lipinski definition) is 5. The molecular formula is C25H25F2N3O3S. The Hall–Kier alpha value is -3.33. The lowest BCUT2D eigenvalue weighted by Crippen LogP contribution is -2.25. The average Bonchev–Trinajstić information content (AvgIpc) is 3.18. The molecule has 0 fully saturated rings. The summed E-state index contributed by atoms with van der Waals surface area (Å²) < 4.78 is 56.5. The van der Waals surface area contributed by atoms with E-state index in [1.54, 1.807) is 20.0 Å². The lowest BCUT2D eigenvalue weighted by molar-refractivity contribution is 0.102. The molecule has 2 aromatic rings. The van der Waals surface area contributed by atoms with Gasteiger partial charge in [-0.15, -0.1) is 0 Å². The summed E-state index contributed by atoms with van der Waals surface area (Å²) in [6, 6.07) is 9.73. The Morgan fingerprint density at radius 3 is 2.56 bits per heavy atom. The smallest absolute Gasteiger partial charge is 0.233 e. The van der Waals surface area contributed by atoms with Crippen molar-refractivity contribution < 1.29 is 22.0 Å². The maximum Gasteiger partial charge on any atom is 0.233 e. The van der Waals surface area contributed by atoms with E-state index in [4.69, 9.17) is 0 Å². The third kappa shape index (κ3) is 4.79. The fraction of sp³-hybridized carbons (Fsp3) is 0.280. The van der Waals surface area contributed by atoms with Gasteiger partial charge >= 0.3 is 0 Å². The lowest BCUT2D eigenvalue weighted by Gasteiger charge is -2.21. The van der Waals surface area contributed by atoms with Crippen LogP contribution in [0, 0.1) is 30.4 Å². The van der Waals surface area contributed by atoms with Gasteiger partial charge in [0.05, 0.1) is 22.9 Å². The maximum atomic E-state index is 15.2. The number of Topliss-reactive ketones (excluding diaryl/α,β-unsaturated/α-hetero) is 1. The second kappa shape index (κ2) is 9.13. The summed E-state index contributed by atoms with van der Waals surface area (Å²) in [7, 11) is -3.87. The van der Waals surface area contributed by atoms with Gasteiger partial charge in [0.2, 0.25) is 10.0 Å². The van der Waals surface area contributed by atoms with Crippen LogP contribution < -0.4 is 10.0 Å². The number of rotatable bonds is 7. The first-order valence-electron chi connectivity index (χ1n) is 10.9. The number of halogens is 2. The second-order valence-corrected chi connectivity index (χ2v) is 10.7. The number of carbonyl (C=O) groups excluding carboxylic acids is 1. The molecule has 2 aliphatic rings. The van der Waals surface area contributed by atoms with Crippen LogP contribution in [0.4, 0.5) is 14.5 Å². The first-order chi connectivity index (χ1) is 16.1. The molecular weight excluding hydrogens is 460 g/mol. The number of allylic oxidation sites excluding steroid dienone is 1. The van der Waals surface area contributed by atoms with E-state index in [1.807, 2.05) is 31.2 Å². The van der Waals surface area contributed by atoms with Crippen LogP contribution in [0.25, 0.3) is 5.57 Å². The van der Waals surface area contributed by atoms with Crippen LogP contribution in [0.15, 0.2) is 59.4 Å². The monoisotopic (exact) mass is 485 g/mol. The molecule has 0 aromatic heterocycles. The standard InChI is InChI=1S/C25H25F2N3O3S/c1-14(2)13-34(32,33)30-21-9-8-20(26)22(23(21)27)24(31)19-12-29-25-18(19)10-17(11-28-25)16-6-4-15(3)5-7-16/h4-9,11-12,14,18,30H,10,13H2,1-3H3,(H,28,29). The van der Waals surface area contributed by atoms with Gasteiger partial charge < -0.3 is 5.32 Å². The molecule has 1 atom stereocenters. The van der Waals surface area contributed by atoms with Gasteiger partial charge in [0.25, 0.3) is 0 Å². The van der Waals surface area contributed by atoms with Crippen molar-refractivity contribution in [1.82, 2.24) is 5.32 Å². The van der Waals surface area contributed by atoms with Crippen LogP contribution in [0.3, 0.4) is 0 Å². The van der Waals surface area contributed by atoms with Crippen LogP contribution in [0.2, 0.25) is 0 Å². The number of aliphatic imine (C=N–C) groups is 1. The molecule has 178 valence electrons. The molecule has 0 radical (unpaired) electrons. The highest BCUT2D eigenvalue weighted by Crippen LogP contribution is 2.36. The zero-order valence-electron chi connectivity index (χ0n) is 19.0. The molecule has 0 saturated heterocycles. The summed E-state index contributed by atoms with van der Waals surface area (Å²) in [5, 5.41) is 2.92. The number of benzene rings is 2. The van der Waals surface area contributed by atoms with E-state index < -0.39 is 44.6 Å². The van der Waals surface area contributed by atoms with Crippen LogP contribution in [-0.2, 0) is 10.0 Å². The number of hydrogen-bond donors (Lipinski definition) is 2. The zero-order valence-corrected chi connectivity index (χ0v) is 19.8. The molecule has 0 spiro atoms. The van der Waals surface area contributed by atoms with E-state index >= 15 is 4.39 Å². The minimum atomic E-state index is -3.87. The third-order valence-electron chi connectivity index (χ3n) is 5.69. The summed E-state index contributed by atoms with van der Waals surface area (Å²) in [5.41, 5.74) is 1.85. The highest BCUT2D eigenvalue weighted by atomic mass is 32.2. The van der Waals surface area contributed by atoms with Crippen molar-refractivity contribution in [3.8, 4) is 0 Å². The summed E-state index contributed by atoms with van der Waals surface area (Å²) in [6.45, 7) is 5.39. The van der Waals surface area contributed by atoms with Crippen LogP contribution in [-0.4, -0.2) is 25.8 Å². The predicted octanol–water partition coefficient (Wildman–Crippen LogP) is 4.80. The van der Waals surface area contributed by atoms with E-state index in [0.29, 0.717) is 12.3 Å². The largest absolute Gasteiger partial charge is 0.349 e. The Balaban J connectivity index is 1.62. The normalized spacial score (nSPS) is 17.5. The number of aryl methyl sites for hydroxylation is 1. The SMILES string of the molecule is Cc1ccc(C2=CN=C3NC=C(C(=O)c4c(F)ccc(NS(=O)(=O)CC(C)C)c4F)C3C2)cc1. The number of carbonyl (C=O) groups is 1. The molecule has 2 aromatic carbocycles. The summed E-state index contributed by atoms with van der Waals surface area (Å²) in [4.78, 5) is 17.7. The van der Waals surface area contributed by atoms with Gasteiger partial charge in [0.1, 0.15) is 11.7 Å². The fourth-order valence-electron chi connectivity index (χ4n) is 4.07. The van der Waals surface area contributed by atoms with Crippen molar-refractivity contribution >= 4 is 32.9 Å². The van der Waals surface area contributed by atoms with Gasteiger partial charge in [0, 0.05) is 18.0 Å². The van der Waals surface area contributed by atoms with Crippen LogP contribution in [0.1, 0.15) is 41.8 Å². The Morgan fingerprint density at radius 1 is 1.18 bits per heavy atom. The van der Waals surface area contributed by atoms with Gasteiger partial charge in [-0.1, -0.05) is 43.7 Å². The van der Waals surface area contributed by atoms with E-state index in [9.17, 15) is 17.6 Å². The topological polar surface area (TPSA) is 87.6 Å². The third-order valence-corrected chi connectivity index (χ3v) is 7.32. The van der Waals surface area contributed by atoms with Crippen molar-refractivity contribution in [1.29, 1.82) is 0 Å². The molecule has 2 N–H and O–H groups in total. The number of nitrogens with one attached hydrogen (secondary N) is 2. The Bertz CT molecular complexity index is 1340. The number of fused-ring (bicyclic) bond motifs is 1. The highest BCUT2D eigenvalue weighted by molar-refractivity contribution is 7.92. The van der Waals surface area contributed by atoms with Gasteiger partial charge in [-0.3, -0.25) is 9.52 Å². The molecule has 4 rings (SSSR count). The molecule has 1 unspecified atom stereocenters. The van der Waals surface area contributed by atoms with Gasteiger partial charge in [-0.25, -0.2) is 22.2 Å². The number of anilines is 1. The molecule has 9 heteroatoms. The fourth-order valence-corrected chi connectivity index (χ4v) is 5.52. The first kappa shape index (κ1) is 23.8. The number of nitrogens with zero attached hydrogens (tertiary/aromatic N) is 1. The number of ketones is 1. The minimum Gasteiger partial charge on any atom is -0.349 e. The van der Waals surface area contributed by atoms with Crippen molar-refractivity contribution in [2.24, 2.45) is 16.8 Å². The predicted molar refractivity (Wildman–Crippen MR) is 129 cm³/mol. The molecule has 34 heavy (non-hydrogen) atoms. The van der Waals surface area contributed by atoms with Crippen molar-refractivity contribution in [3.63, 3.8) is 0 Å². The molecule has 0 saturated carbocycles. The van der Waals surface area contributed by atoms with Crippen LogP contribution in [0.5, 0.6) is 0 Å². The zero-order chi connectivity index (χ0) is 24.6. The lowest BCUT2D eigenvalue weighted by atomic mass is 9.85. The first-order valence-corrected chi connectivity index (χ1v) is 12.5. The molecule has 2 aliphatic heterocycles. The minimum absolute atomic E-state index is 0.163. The van der Waals surface area contributed by atoms with Crippen molar-refractivity contribution in [2.75, 3.05) is 10.5 Å². The van der Waals surface area contributed by atoms with Crippen molar-refractivity contribution in [3.05, 3.63) is 82.7 Å². The summed E-state index contributed by atoms with van der Waals surface area (Å²) in [5.74, 6) is -3.57. The molecule has 2 heterocycles. The quantitative estimate of drug-likeness (QED) is 0.552. The molecule has 0 bridgehead atoms. The summed E-state index contributed by atoms with van der Waals surface area (Å²) >= 11 is 0. The Morgan fingerprint density at radius 2 is 1.88 bits per heavy atom. The van der Waals surface area contributed by atoms with E-state index in [1.165, 1.54) is 6.20 Å². The molecule has 0 aliphatic carbocycles. The highest BCUT2D eigenvalue weighted by Gasteiger charge is 2.36. The van der Waals surface area contributed by atoms with E-state index in [0.717, 1.165) is 28.8 Å². The Labute approximate surface area is 197 Å².